The Kier molecular flexibility index (Phi) is 6.25. The minimum atomic E-state index is -0.119. The van der Waals surface area contributed by atoms with Crippen molar-refractivity contribution in [3.63, 3.8) is 0 Å². The Hall–Kier alpha value is -2.94. The number of nitrogens with zero attached hydrogens (tertiary/aromatic N) is 4. The van der Waals surface area contributed by atoms with E-state index in [-0.39, 0.29) is 5.91 Å². The highest BCUT2D eigenvalue weighted by Gasteiger charge is 2.23. The summed E-state index contributed by atoms with van der Waals surface area (Å²) in [6, 6.07) is 9.89. The summed E-state index contributed by atoms with van der Waals surface area (Å²) in [6.45, 7) is 6.88. The zero-order valence-corrected chi connectivity index (χ0v) is 16.8. The van der Waals surface area contributed by atoms with Crippen LogP contribution in [0.3, 0.4) is 0 Å². The first-order valence-corrected chi connectivity index (χ1v) is 10.1. The third kappa shape index (κ3) is 3.84. The lowest BCUT2D eigenvalue weighted by atomic mass is 9.99. The molecule has 0 radical (unpaired) electrons. The minimum Gasteiger partial charge on any atom is -0.311 e. The molecule has 1 N–H and O–H groups in total. The predicted molar refractivity (Wildman–Crippen MR) is 112 cm³/mol. The fourth-order valence-corrected chi connectivity index (χ4v) is 3.51. The molecule has 6 heteroatoms. The number of carbonyl (C=O) groups excluding carboxylic acids is 1. The molecule has 3 rings (SSSR count). The highest BCUT2D eigenvalue weighted by Crippen LogP contribution is 2.31. The minimum absolute atomic E-state index is 0.119. The average molecular weight is 377 g/mol. The molecule has 0 aliphatic carbocycles. The van der Waals surface area contributed by atoms with Crippen molar-refractivity contribution < 1.29 is 4.79 Å². The van der Waals surface area contributed by atoms with Crippen molar-refractivity contribution >= 4 is 33.9 Å². The van der Waals surface area contributed by atoms with Crippen LogP contribution in [0, 0.1) is 17.2 Å². The van der Waals surface area contributed by atoms with Crippen LogP contribution in [0.25, 0.3) is 22.2 Å². The van der Waals surface area contributed by atoms with E-state index in [0.29, 0.717) is 41.4 Å². The molecule has 0 fully saturated rings. The first-order chi connectivity index (χ1) is 13.6. The number of carbonyl (C=O) groups is 1. The summed E-state index contributed by atoms with van der Waals surface area (Å²) in [4.78, 5) is 21.7. The van der Waals surface area contributed by atoms with Gasteiger partial charge in [-0.05, 0) is 24.5 Å². The Morgan fingerprint density at radius 2 is 1.93 bits per heavy atom. The molecule has 6 nitrogen and oxygen atoms in total. The zero-order valence-electron chi connectivity index (χ0n) is 16.8. The molecule has 0 saturated carbocycles. The number of nitriles is 1. The molecule has 0 spiro atoms. The number of unbranched alkanes of at least 4 members (excludes halogenated alkanes) is 1. The first-order valence-electron chi connectivity index (χ1n) is 10.1. The second-order valence-electron chi connectivity index (χ2n) is 7.15. The number of hydrogen-bond acceptors (Lipinski definition) is 4. The Bertz CT molecular complexity index is 1030. The first kappa shape index (κ1) is 19.8. The van der Waals surface area contributed by atoms with E-state index >= 15 is 0 Å². The fourth-order valence-electron chi connectivity index (χ4n) is 3.51. The van der Waals surface area contributed by atoms with Crippen molar-refractivity contribution in [3.05, 3.63) is 29.8 Å². The summed E-state index contributed by atoms with van der Waals surface area (Å²) < 4.78 is 1.99. The van der Waals surface area contributed by atoms with Crippen LogP contribution in [0.2, 0.25) is 0 Å². The Morgan fingerprint density at radius 1 is 1.21 bits per heavy atom. The third-order valence-corrected chi connectivity index (χ3v) is 5.23. The van der Waals surface area contributed by atoms with Crippen LogP contribution in [-0.2, 0) is 11.3 Å². The number of para-hydroxylation sites is 2. The third-order valence-electron chi connectivity index (χ3n) is 5.23. The predicted octanol–water partition coefficient (Wildman–Crippen LogP) is 5.02. The van der Waals surface area contributed by atoms with E-state index in [1.165, 1.54) is 0 Å². The molecule has 1 aromatic carbocycles. The summed E-state index contributed by atoms with van der Waals surface area (Å²) >= 11 is 0. The molecule has 3 aromatic rings. The maximum atomic E-state index is 12.2. The van der Waals surface area contributed by atoms with Crippen LogP contribution >= 0.6 is 0 Å². The van der Waals surface area contributed by atoms with Crippen molar-refractivity contribution in [2.24, 2.45) is 5.92 Å². The summed E-state index contributed by atoms with van der Waals surface area (Å²) in [6.07, 6.45) is 4.80. The molecule has 28 heavy (non-hydrogen) atoms. The SMILES string of the molecule is CCCC[C@H](CC)Cn1c(NC(=O)CC)c(C#N)c2nc3ccccc3nc21. The van der Waals surface area contributed by atoms with Crippen LogP contribution in [0.5, 0.6) is 0 Å². The van der Waals surface area contributed by atoms with Crippen LogP contribution in [0.4, 0.5) is 5.82 Å². The number of rotatable bonds is 8. The van der Waals surface area contributed by atoms with Crippen molar-refractivity contribution in [3.8, 4) is 6.07 Å². The van der Waals surface area contributed by atoms with E-state index in [1.807, 2.05) is 28.8 Å². The lowest BCUT2D eigenvalue weighted by Gasteiger charge is -2.18. The van der Waals surface area contributed by atoms with Gasteiger partial charge in [0.25, 0.3) is 0 Å². The van der Waals surface area contributed by atoms with E-state index in [1.54, 1.807) is 6.92 Å². The maximum absolute atomic E-state index is 12.2. The molecule has 0 unspecified atom stereocenters. The van der Waals surface area contributed by atoms with E-state index in [4.69, 9.17) is 9.97 Å². The number of benzene rings is 1. The lowest BCUT2D eigenvalue weighted by Crippen LogP contribution is -2.18. The van der Waals surface area contributed by atoms with E-state index in [9.17, 15) is 10.1 Å². The van der Waals surface area contributed by atoms with E-state index < -0.39 is 0 Å². The summed E-state index contributed by atoms with van der Waals surface area (Å²) in [5, 5.41) is 12.8. The average Bonchev–Trinajstić information content (AvgIpc) is 3.00. The van der Waals surface area contributed by atoms with Gasteiger partial charge in [-0.15, -0.1) is 0 Å². The summed E-state index contributed by atoms with van der Waals surface area (Å²) in [7, 11) is 0. The topological polar surface area (TPSA) is 83.6 Å². The van der Waals surface area contributed by atoms with Crippen molar-refractivity contribution in [2.75, 3.05) is 5.32 Å². The number of nitrogens with one attached hydrogen (secondary N) is 1. The zero-order chi connectivity index (χ0) is 20.1. The summed E-state index contributed by atoms with van der Waals surface area (Å²) in [5.74, 6) is 0.856. The Labute approximate surface area is 165 Å². The lowest BCUT2D eigenvalue weighted by molar-refractivity contribution is -0.115. The van der Waals surface area contributed by atoms with Crippen LogP contribution in [-0.4, -0.2) is 20.4 Å². The second kappa shape index (κ2) is 8.83. The van der Waals surface area contributed by atoms with E-state index in [0.717, 1.165) is 36.7 Å². The van der Waals surface area contributed by atoms with Gasteiger partial charge in [-0.25, -0.2) is 9.97 Å². The Balaban J connectivity index is 2.21. The van der Waals surface area contributed by atoms with Crippen molar-refractivity contribution in [1.82, 2.24) is 14.5 Å². The van der Waals surface area contributed by atoms with Crippen molar-refractivity contribution in [1.29, 1.82) is 5.26 Å². The fraction of sp³-hybridized carbons (Fsp3) is 0.455. The number of fused-ring (bicyclic) bond motifs is 2. The van der Waals surface area contributed by atoms with Gasteiger partial charge < -0.3 is 9.88 Å². The molecule has 1 atom stereocenters. The number of aromatic nitrogens is 3. The number of hydrogen-bond donors (Lipinski definition) is 1. The molecule has 0 aliphatic heterocycles. The molecular weight excluding hydrogens is 350 g/mol. The van der Waals surface area contributed by atoms with Gasteiger partial charge in [0, 0.05) is 13.0 Å². The monoisotopic (exact) mass is 377 g/mol. The van der Waals surface area contributed by atoms with Gasteiger partial charge in [0.15, 0.2) is 5.65 Å². The number of amides is 1. The molecule has 146 valence electrons. The normalized spacial score (nSPS) is 12.2. The quantitative estimate of drug-likeness (QED) is 0.597. The van der Waals surface area contributed by atoms with Crippen molar-refractivity contribution in [2.45, 2.75) is 59.4 Å². The van der Waals surface area contributed by atoms with Gasteiger partial charge in [0.2, 0.25) is 5.91 Å². The van der Waals surface area contributed by atoms with Crippen LogP contribution < -0.4 is 5.32 Å². The Morgan fingerprint density at radius 3 is 2.54 bits per heavy atom. The van der Waals surface area contributed by atoms with Gasteiger partial charge in [0.05, 0.1) is 11.0 Å². The van der Waals surface area contributed by atoms with E-state index in [2.05, 4.69) is 25.2 Å². The second-order valence-corrected chi connectivity index (χ2v) is 7.15. The highest BCUT2D eigenvalue weighted by molar-refractivity contribution is 5.98. The molecule has 0 saturated heterocycles. The van der Waals surface area contributed by atoms with Crippen LogP contribution in [0.15, 0.2) is 24.3 Å². The highest BCUT2D eigenvalue weighted by atomic mass is 16.1. The molecular formula is C22H27N5O. The largest absolute Gasteiger partial charge is 0.311 e. The van der Waals surface area contributed by atoms with Gasteiger partial charge in [0.1, 0.15) is 23.0 Å². The van der Waals surface area contributed by atoms with Gasteiger partial charge in [-0.2, -0.15) is 5.26 Å². The molecule has 2 aromatic heterocycles. The number of anilines is 1. The van der Waals surface area contributed by atoms with Crippen LogP contribution in [0.1, 0.15) is 58.4 Å². The smallest absolute Gasteiger partial charge is 0.225 e. The van der Waals surface area contributed by atoms with Gasteiger partial charge in [-0.1, -0.05) is 52.2 Å². The molecule has 2 heterocycles. The van der Waals surface area contributed by atoms with Gasteiger partial charge in [-0.3, -0.25) is 4.79 Å². The summed E-state index contributed by atoms with van der Waals surface area (Å²) in [5.41, 5.74) is 3.14. The van der Waals surface area contributed by atoms with Gasteiger partial charge >= 0.3 is 0 Å². The molecule has 0 aliphatic rings. The standard InChI is InChI=1S/C22H27N5O/c1-4-7-10-15(5-2)14-27-21(26-19(28)6-3)16(13-23)20-22(27)25-18-12-9-8-11-17(18)24-20/h8-9,11-12,15H,4-7,10,14H2,1-3H3,(H,26,28)/t15-/m0/s1. The molecule has 0 bridgehead atoms. The maximum Gasteiger partial charge on any atom is 0.225 e. The molecule has 1 amide bonds.